The second kappa shape index (κ2) is 5.60. The molecule has 1 aromatic heterocycles. The van der Waals surface area contributed by atoms with E-state index in [1.54, 1.807) is 6.92 Å². The van der Waals surface area contributed by atoms with Crippen LogP contribution in [0.1, 0.15) is 30.7 Å². The molecule has 0 spiro atoms. The topological polar surface area (TPSA) is 79.3 Å². The molecule has 0 saturated carbocycles. The number of nitrogens with zero attached hydrogens (tertiary/aromatic N) is 1. The number of anilines is 1. The number of amides is 1. The predicted molar refractivity (Wildman–Crippen MR) is 78.0 cm³/mol. The number of aryl methyl sites for hydroxylation is 2. The summed E-state index contributed by atoms with van der Waals surface area (Å²) in [5.74, 6) is -1.43. The number of halogens is 1. The monoisotopic (exact) mass is 310 g/mol. The molecule has 1 amide bonds. The van der Waals surface area contributed by atoms with Gasteiger partial charge in [0.1, 0.15) is 4.88 Å². The molecular weight excluding hydrogens is 300 g/mol. The standard InChI is InChI=1S/C13H11ClN2O3S/c1-6-11(20-7(2)15-6)12(17)16-10-4-8(13(18)19)3-9(14)5-10/h3-5H,1-2H3,(H,16,17)(H,18,19). The lowest BCUT2D eigenvalue weighted by Gasteiger charge is -2.06. The predicted octanol–water partition coefficient (Wildman–Crippen LogP) is 3.36. The number of aromatic nitrogens is 1. The van der Waals surface area contributed by atoms with E-state index in [2.05, 4.69) is 10.3 Å². The van der Waals surface area contributed by atoms with Crippen LogP contribution in [0.25, 0.3) is 0 Å². The van der Waals surface area contributed by atoms with E-state index in [0.29, 0.717) is 16.3 Å². The zero-order chi connectivity index (χ0) is 14.9. The van der Waals surface area contributed by atoms with Gasteiger partial charge in [0.2, 0.25) is 0 Å². The summed E-state index contributed by atoms with van der Waals surface area (Å²) < 4.78 is 0. The van der Waals surface area contributed by atoms with E-state index in [-0.39, 0.29) is 16.5 Å². The van der Waals surface area contributed by atoms with Gasteiger partial charge in [-0.25, -0.2) is 9.78 Å². The van der Waals surface area contributed by atoms with E-state index in [1.165, 1.54) is 29.5 Å². The fourth-order valence-electron chi connectivity index (χ4n) is 1.72. The number of hydrogen-bond acceptors (Lipinski definition) is 4. The Labute approximate surface area is 124 Å². The minimum absolute atomic E-state index is 0.0185. The number of aromatic carboxylic acids is 1. The van der Waals surface area contributed by atoms with Gasteiger partial charge in [0.25, 0.3) is 5.91 Å². The van der Waals surface area contributed by atoms with Crippen LogP contribution >= 0.6 is 22.9 Å². The number of carboxylic acid groups (broad SMARTS) is 1. The third kappa shape index (κ3) is 3.15. The smallest absolute Gasteiger partial charge is 0.335 e. The normalized spacial score (nSPS) is 10.3. The van der Waals surface area contributed by atoms with Gasteiger partial charge in [0, 0.05) is 10.7 Å². The molecule has 2 aromatic rings. The Morgan fingerprint density at radius 1 is 1.30 bits per heavy atom. The summed E-state index contributed by atoms with van der Waals surface area (Å²) in [5, 5.41) is 12.6. The highest BCUT2D eigenvalue weighted by Gasteiger charge is 2.15. The van der Waals surface area contributed by atoms with Gasteiger partial charge in [0.05, 0.1) is 16.3 Å². The van der Waals surface area contributed by atoms with Gasteiger partial charge in [-0.05, 0) is 32.0 Å². The van der Waals surface area contributed by atoms with Crippen LogP contribution in [0.3, 0.4) is 0 Å². The second-order valence-corrected chi connectivity index (χ2v) is 5.77. The zero-order valence-electron chi connectivity index (χ0n) is 10.7. The van der Waals surface area contributed by atoms with E-state index >= 15 is 0 Å². The molecule has 2 rings (SSSR count). The molecule has 2 N–H and O–H groups in total. The molecule has 0 radical (unpaired) electrons. The van der Waals surface area contributed by atoms with Crippen LogP contribution in [0.4, 0.5) is 5.69 Å². The van der Waals surface area contributed by atoms with Crippen molar-refractivity contribution in [3.8, 4) is 0 Å². The first-order valence-electron chi connectivity index (χ1n) is 5.66. The van der Waals surface area contributed by atoms with Crippen LogP contribution in [-0.4, -0.2) is 22.0 Å². The Morgan fingerprint density at radius 3 is 2.55 bits per heavy atom. The lowest BCUT2D eigenvalue weighted by molar-refractivity contribution is 0.0696. The van der Waals surface area contributed by atoms with Gasteiger partial charge >= 0.3 is 5.97 Å². The van der Waals surface area contributed by atoms with Crippen molar-refractivity contribution in [2.24, 2.45) is 0 Å². The van der Waals surface area contributed by atoms with Gasteiger partial charge in [-0.15, -0.1) is 11.3 Å². The minimum atomic E-state index is -1.10. The lowest BCUT2D eigenvalue weighted by Crippen LogP contribution is -2.12. The molecular formula is C13H11ClN2O3S. The molecule has 0 aliphatic rings. The van der Waals surface area contributed by atoms with Gasteiger partial charge in [-0.2, -0.15) is 0 Å². The highest BCUT2D eigenvalue weighted by Crippen LogP contribution is 2.22. The Balaban J connectivity index is 2.28. The van der Waals surface area contributed by atoms with Crippen LogP contribution in [0, 0.1) is 13.8 Å². The molecule has 0 atom stereocenters. The van der Waals surface area contributed by atoms with Gasteiger partial charge in [-0.1, -0.05) is 11.6 Å². The fourth-order valence-corrected chi connectivity index (χ4v) is 2.77. The number of benzene rings is 1. The Kier molecular flexibility index (Phi) is 4.06. The SMILES string of the molecule is Cc1nc(C)c(C(=O)Nc2cc(Cl)cc(C(=O)O)c2)s1. The molecule has 0 bridgehead atoms. The maximum atomic E-state index is 12.1. The molecule has 5 nitrogen and oxygen atoms in total. The number of nitrogens with one attached hydrogen (secondary N) is 1. The molecule has 104 valence electrons. The van der Waals surface area contributed by atoms with Crippen molar-refractivity contribution in [3.63, 3.8) is 0 Å². The Morgan fingerprint density at radius 2 is 2.00 bits per heavy atom. The third-order valence-corrected chi connectivity index (χ3v) is 3.80. The highest BCUT2D eigenvalue weighted by molar-refractivity contribution is 7.13. The van der Waals surface area contributed by atoms with E-state index in [1.807, 2.05) is 6.92 Å². The van der Waals surface area contributed by atoms with Crippen molar-refractivity contribution in [1.29, 1.82) is 0 Å². The largest absolute Gasteiger partial charge is 0.478 e. The molecule has 7 heteroatoms. The first-order valence-corrected chi connectivity index (χ1v) is 6.85. The maximum Gasteiger partial charge on any atom is 0.335 e. The third-order valence-electron chi connectivity index (χ3n) is 2.51. The van der Waals surface area contributed by atoms with E-state index < -0.39 is 5.97 Å². The molecule has 0 fully saturated rings. The van der Waals surface area contributed by atoms with E-state index in [4.69, 9.17) is 16.7 Å². The van der Waals surface area contributed by atoms with Gasteiger partial charge < -0.3 is 10.4 Å². The summed E-state index contributed by atoms with van der Waals surface area (Å²) in [6.45, 7) is 3.56. The second-order valence-electron chi connectivity index (χ2n) is 4.14. The highest BCUT2D eigenvalue weighted by atomic mass is 35.5. The zero-order valence-corrected chi connectivity index (χ0v) is 12.3. The van der Waals surface area contributed by atoms with Gasteiger partial charge in [0.15, 0.2) is 0 Å². The van der Waals surface area contributed by atoms with Crippen molar-refractivity contribution in [3.05, 3.63) is 44.4 Å². The number of rotatable bonds is 3. The van der Waals surface area contributed by atoms with E-state index in [0.717, 1.165) is 5.01 Å². The van der Waals surface area contributed by atoms with Crippen molar-refractivity contribution in [2.45, 2.75) is 13.8 Å². The molecule has 0 saturated heterocycles. The Bertz CT molecular complexity index is 697. The van der Waals surface area contributed by atoms with Crippen molar-refractivity contribution in [1.82, 2.24) is 4.98 Å². The quantitative estimate of drug-likeness (QED) is 0.911. The first kappa shape index (κ1) is 14.5. The van der Waals surface area contributed by atoms with Gasteiger partial charge in [-0.3, -0.25) is 4.79 Å². The lowest BCUT2D eigenvalue weighted by atomic mass is 10.2. The summed E-state index contributed by atoms with van der Waals surface area (Å²) in [7, 11) is 0. The van der Waals surface area contributed by atoms with Crippen LogP contribution in [0.2, 0.25) is 5.02 Å². The molecule has 20 heavy (non-hydrogen) atoms. The van der Waals surface area contributed by atoms with Crippen molar-refractivity contribution >= 4 is 40.5 Å². The van der Waals surface area contributed by atoms with Crippen LogP contribution in [-0.2, 0) is 0 Å². The van der Waals surface area contributed by atoms with Crippen LogP contribution in [0.15, 0.2) is 18.2 Å². The first-order chi connectivity index (χ1) is 9.36. The average molecular weight is 311 g/mol. The van der Waals surface area contributed by atoms with Crippen LogP contribution in [0.5, 0.6) is 0 Å². The fraction of sp³-hybridized carbons (Fsp3) is 0.154. The number of carboxylic acids is 1. The molecule has 1 aromatic carbocycles. The molecule has 0 aliphatic heterocycles. The molecule has 0 unspecified atom stereocenters. The Hall–Kier alpha value is -1.92. The summed E-state index contributed by atoms with van der Waals surface area (Å²) in [4.78, 5) is 27.7. The average Bonchev–Trinajstić information content (AvgIpc) is 2.67. The maximum absolute atomic E-state index is 12.1. The number of thiazole rings is 1. The number of carbonyl (C=O) groups is 2. The molecule has 1 heterocycles. The summed E-state index contributed by atoms with van der Waals surface area (Å²) in [5.41, 5.74) is 1.00. The van der Waals surface area contributed by atoms with Crippen LogP contribution < -0.4 is 5.32 Å². The van der Waals surface area contributed by atoms with Crippen molar-refractivity contribution in [2.75, 3.05) is 5.32 Å². The van der Waals surface area contributed by atoms with Crippen molar-refractivity contribution < 1.29 is 14.7 Å². The van der Waals surface area contributed by atoms with E-state index in [9.17, 15) is 9.59 Å². The summed E-state index contributed by atoms with van der Waals surface area (Å²) >= 11 is 7.12. The number of carbonyl (C=O) groups excluding carboxylic acids is 1. The minimum Gasteiger partial charge on any atom is -0.478 e. The number of hydrogen-bond donors (Lipinski definition) is 2. The summed E-state index contributed by atoms with van der Waals surface area (Å²) in [6, 6.07) is 4.17. The molecule has 0 aliphatic carbocycles. The summed E-state index contributed by atoms with van der Waals surface area (Å²) in [6.07, 6.45) is 0.